The second kappa shape index (κ2) is 11.1. The van der Waals surface area contributed by atoms with E-state index in [2.05, 4.69) is 26.4 Å². The zero-order valence-electron chi connectivity index (χ0n) is 17.9. The highest BCUT2D eigenvalue weighted by molar-refractivity contribution is 9.10. The van der Waals surface area contributed by atoms with Crippen LogP contribution in [0.25, 0.3) is 0 Å². The number of nitrogens with zero attached hydrogens (tertiary/aromatic N) is 1. The van der Waals surface area contributed by atoms with Crippen LogP contribution in [-0.4, -0.2) is 20.6 Å². The lowest BCUT2D eigenvalue weighted by atomic mass is 10.0. The van der Waals surface area contributed by atoms with E-state index in [-0.39, 0.29) is 30.7 Å². The molecule has 2 aromatic carbocycles. The maximum Gasteiger partial charge on any atom is 0.329 e. The Morgan fingerprint density at radius 2 is 1.72 bits per heavy atom. The number of rotatable bonds is 10. The van der Waals surface area contributed by atoms with Gasteiger partial charge in [-0.05, 0) is 29.2 Å². The van der Waals surface area contributed by atoms with Gasteiger partial charge in [0.15, 0.2) is 0 Å². The number of aromatic amines is 1. The lowest BCUT2D eigenvalue weighted by Crippen LogP contribution is -2.39. The number of halogens is 1. The zero-order valence-corrected chi connectivity index (χ0v) is 19.5. The molecule has 0 aliphatic heterocycles. The second-order valence-electron chi connectivity index (χ2n) is 7.65. The first-order valence-electron chi connectivity index (χ1n) is 10.2. The Kier molecular flexibility index (Phi) is 8.26. The van der Waals surface area contributed by atoms with Crippen LogP contribution in [0.1, 0.15) is 36.7 Å². The van der Waals surface area contributed by atoms with Crippen LogP contribution in [0.4, 0.5) is 0 Å². The molecular formula is C23H26BrN3O5. The van der Waals surface area contributed by atoms with E-state index < -0.39 is 17.6 Å². The number of hydroxylamine groups is 1. The Morgan fingerprint density at radius 1 is 1.06 bits per heavy atom. The number of aromatic hydroxyl groups is 1. The smallest absolute Gasteiger partial charge is 0.329 e. The third kappa shape index (κ3) is 6.09. The summed E-state index contributed by atoms with van der Waals surface area (Å²) in [5.74, 6) is -1.15. The summed E-state index contributed by atoms with van der Waals surface area (Å²) in [6.07, 6.45) is 0. The Bertz CT molecular complexity index is 1080. The number of hydrogen-bond donors (Lipinski definition) is 3. The van der Waals surface area contributed by atoms with E-state index in [1.54, 1.807) is 13.8 Å². The summed E-state index contributed by atoms with van der Waals surface area (Å²) in [5, 5.41) is 10.6. The molecule has 3 rings (SSSR count). The van der Waals surface area contributed by atoms with Gasteiger partial charge in [0.05, 0.1) is 19.8 Å². The van der Waals surface area contributed by atoms with Crippen LogP contribution in [-0.2, 0) is 34.2 Å². The van der Waals surface area contributed by atoms with Gasteiger partial charge < -0.3 is 14.8 Å². The van der Waals surface area contributed by atoms with Crippen LogP contribution in [0.3, 0.4) is 0 Å². The molecule has 3 aromatic rings. The minimum absolute atomic E-state index is 0.0128. The van der Waals surface area contributed by atoms with Gasteiger partial charge in [0, 0.05) is 4.47 Å². The summed E-state index contributed by atoms with van der Waals surface area (Å²) < 4.78 is 7.62. The number of aromatic nitrogens is 2. The summed E-state index contributed by atoms with van der Waals surface area (Å²) in [4.78, 5) is 33.2. The molecular weight excluding hydrogens is 478 g/mol. The first-order valence-corrected chi connectivity index (χ1v) is 11.0. The predicted molar refractivity (Wildman–Crippen MR) is 123 cm³/mol. The molecule has 0 aliphatic carbocycles. The highest BCUT2D eigenvalue weighted by atomic mass is 79.9. The van der Waals surface area contributed by atoms with Gasteiger partial charge in [-0.15, -0.1) is 0 Å². The summed E-state index contributed by atoms with van der Waals surface area (Å²) in [7, 11) is 0. The van der Waals surface area contributed by atoms with E-state index in [0.29, 0.717) is 6.61 Å². The molecule has 0 saturated heterocycles. The largest absolute Gasteiger partial charge is 0.493 e. The first kappa shape index (κ1) is 23.8. The van der Waals surface area contributed by atoms with E-state index in [1.165, 1.54) is 0 Å². The van der Waals surface area contributed by atoms with Crippen molar-refractivity contribution in [1.82, 2.24) is 15.0 Å². The predicted octanol–water partition coefficient (Wildman–Crippen LogP) is 3.81. The molecule has 32 heavy (non-hydrogen) atoms. The van der Waals surface area contributed by atoms with Crippen molar-refractivity contribution < 1.29 is 19.5 Å². The maximum atomic E-state index is 12.8. The molecule has 0 aliphatic rings. The van der Waals surface area contributed by atoms with E-state index in [4.69, 9.17) is 9.57 Å². The second-order valence-corrected chi connectivity index (χ2v) is 8.57. The molecule has 0 radical (unpaired) electrons. The lowest BCUT2D eigenvalue weighted by molar-refractivity contribution is -0.139. The van der Waals surface area contributed by atoms with Crippen LogP contribution in [0.15, 0.2) is 63.9 Å². The molecule has 0 spiro atoms. The molecule has 3 N–H and O–H groups in total. The number of imidazole rings is 1. The van der Waals surface area contributed by atoms with Crippen LogP contribution in [0.5, 0.6) is 5.88 Å². The topological polar surface area (TPSA) is 106 Å². The van der Waals surface area contributed by atoms with Crippen molar-refractivity contribution in [2.75, 3.05) is 0 Å². The van der Waals surface area contributed by atoms with Crippen molar-refractivity contribution in [1.29, 1.82) is 0 Å². The number of ether oxygens (including phenoxy) is 1. The van der Waals surface area contributed by atoms with E-state index in [1.807, 2.05) is 54.6 Å². The number of nitrogens with one attached hydrogen (secondary N) is 2. The fourth-order valence-electron chi connectivity index (χ4n) is 3.24. The normalized spacial score (nSPS) is 12.1. The van der Waals surface area contributed by atoms with Crippen LogP contribution in [0, 0.1) is 5.92 Å². The minimum Gasteiger partial charge on any atom is -0.493 e. The molecule has 0 unspecified atom stereocenters. The van der Waals surface area contributed by atoms with Crippen molar-refractivity contribution in [2.45, 2.75) is 39.7 Å². The molecule has 8 nitrogen and oxygen atoms in total. The maximum absolute atomic E-state index is 12.8. The summed E-state index contributed by atoms with van der Waals surface area (Å²) in [5.41, 5.74) is 3.83. The molecule has 170 valence electrons. The van der Waals surface area contributed by atoms with Crippen molar-refractivity contribution >= 4 is 21.8 Å². The van der Waals surface area contributed by atoms with Crippen molar-refractivity contribution in [3.8, 4) is 5.88 Å². The summed E-state index contributed by atoms with van der Waals surface area (Å²) >= 11 is 3.38. The number of amides is 1. The van der Waals surface area contributed by atoms with Gasteiger partial charge in [0.25, 0.3) is 5.91 Å². The third-order valence-electron chi connectivity index (χ3n) is 4.84. The average molecular weight is 504 g/mol. The highest BCUT2D eigenvalue weighted by Gasteiger charge is 2.30. The van der Waals surface area contributed by atoms with E-state index in [0.717, 1.165) is 20.2 Å². The monoisotopic (exact) mass is 503 g/mol. The first-order chi connectivity index (χ1) is 15.4. The van der Waals surface area contributed by atoms with Gasteiger partial charge >= 0.3 is 5.69 Å². The van der Waals surface area contributed by atoms with Gasteiger partial charge in [-0.25, -0.2) is 14.8 Å². The van der Waals surface area contributed by atoms with Crippen LogP contribution < -0.4 is 11.2 Å². The Morgan fingerprint density at radius 3 is 2.38 bits per heavy atom. The van der Waals surface area contributed by atoms with Crippen LogP contribution in [0.2, 0.25) is 0 Å². The number of hydrogen-bond acceptors (Lipinski definition) is 5. The molecule has 0 fully saturated rings. The number of carbonyl (C=O) groups excluding carboxylic acids is 1. The number of benzene rings is 2. The Hall–Kier alpha value is -2.88. The molecule has 1 atom stereocenters. The van der Waals surface area contributed by atoms with E-state index >= 15 is 0 Å². The minimum atomic E-state index is -0.963. The third-order valence-corrected chi connectivity index (χ3v) is 5.36. The van der Waals surface area contributed by atoms with Crippen molar-refractivity contribution in [3.05, 3.63) is 86.4 Å². The SMILES string of the molecule is CC(C)[C@H](C(=O)NOCc1ccccc1)n1c(O)c(COCc2ccc(Br)cc2)[nH]c1=O. The fraction of sp³-hybridized carbons (Fsp3) is 0.304. The van der Waals surface area contributed by atoms with Gasteiger partial charge in [0.1, 0.15) is 11.7 Å². The molecule has 1 amide bonds. The Labute approximate surface area is 194 Å². The number of H-pyrrole nitrogens is 1. The van der Waals surface area contributed by atoms with Crippen molar-refractivity contribution in [2.24, 2.45) is 5.92 Å². The quantitative estimate of drug-likeness (QED) is 0.365. The van der Waals surface area contributed by atoms with Crippen molar-refractivity contribution in [3.63, 3.8) is 0 Å². The lowest BCUT2D eigenvalue weighted by Gasteiger charge is -2.21. The van der Waals surface area contributed by atoms with Crippen LogP contribution >= 0.6 is 15.9 Å². The molecule has 1 heterocycles. The van der Waals surface area contributed by atoms with Gasteiger partial charge in [-0.2, -0.15) is 0 Å². The summed E-state index contributed by atoms with van der Waals surface area (Å²) in [6.45, 7) is 4.04. The van der Waals surface area contributed by atoms with Gasteiger partial charge in [-0.3, -0.25) is 9.63 Å². The standard InChI is InChI=1S/C23H26BrN3O5/c1-15(2)20(21(28)26-32-13-16-6-4-3-5-7-16)27-22(29)19(25-23(27)30)14-31-12-17-8-10-18(24)11-9-17/h3-11,15,20,29H,12-14H2,1-2H3,(H,25,30)(H,26,28)/t20-/m1/s1. The molecule has 0 bridgehead atoms. The van der Waals surface area contributed by atoms with Gasteiger partial charge in [-0.1, -0.05) is 72.2 Å². The molecule has 0 saturated carbocycles. The molecule has 1 aromatic heterocycles. The summed E-state index contributed by atoms with van der Waals surface area (Å²) in [6, 6.07) is 16.0. The number of carbonyl (C=O) groups is 1. The Balaban J connectivity index is 1.65. The zero-order chi connectivity index (χ0) is 23.1. The fourth-order valence-corrected chi connectivity index (χ4v) is 3.50. The highest BCUT2D eigenvalue weighted by Crippen LogP contribution is 2.25. The van der Waals surface area contributed by atoms with E-state index in [9.17, 15) is 14.7 Å². The average Bonchev–Trinajstić information content (AvgIpc) is 3.04. The molecule has 9 heteroatoms. The van der Waals surface area contributed by atoms with Gasteiger partial charge in [0.2, 0.25) is 5.88 Å².